The summed E-state index contributed by atoms with van der Waals surface area (Å²) in [6, 6.07) is 21.8. The van der Waals surface area contributed by atoms with Gasteiger partial charge in [0.05, 0.1) is 10.4 Å². The number of rotatable bonds is 2. The predicted octanol–water partition coefficient (Wildman–Crippen LogP) is 6.50. The summed E-state index contributed by atoms with van der Waals surface area (Å²) in [6.07, 6.45) is 1.80. The van der Waals surface area contributed by atoms with Crippen LogP contribution < -0.4 is 5.63 Å². The maximum atomic E-state index is 12.6. The highest BCUT2D eigenvalue weighted by atomic mass is 79.9. The van der Waals surface area contributed by atoms with Gasteiger partial charge in [-0.25, -0.2) is 9.78 Å². The summed E-state index contributed by atoms with van der Waals surface area (Å²) in [6.45, 7) is 0. The Kier molecular flexibility index (Phi) is 3.92. The maximum Gasteiger partial charge on any atom is 0.346 e. The maximum absolute atomic E-state index is 12.6. The largest absolute Gasteiger partial charge is 0.422 e. The Labute approximate surface area is 167 Å². The highest BCUT2D eigenvalue weighted by molar-refractivity contribution is 9.10. The molecule has 0 N–H and O–H groups in total. The van der Waals surface area contributed by atoms with E-state index >= 15 is 0 Å². The minimum Gasteiger partial charge on any atom is -0.422 e. The SMILES string of the molecule is O=c1oc2ccc3ccccc3c2cc1-c1ncc(-c2ccc(Br)cc2)s1. The average Bonchev–Trinajstić information content (AvgIpc) is 3.17. The number of benzene rings is 3. The molecule has 0 amide bonds. The van der Waals surface area contributed by atoms with Crippen LogP contribution in [0.1, 0.15) is 0 Å². The van der Waals surface area contributed by atoms with Crippen LogP contribution in [0.5, 0.6) is 0 Å². The van der Waals surface area contributed by atoms with Crippen LogP contribution in [0.4, 0.5) is 0 Å². The van der Waals surface area contributed by atoms with E-state index in [1.165, 1.54) is 11.3 Å². The molecular weight excluding hydrogens is 422 g/mol. The van der Waals surface area contributed by atoms with Gasteiger partial charge < -0.3 is 4.42 Å². The Morgan fingerprint density at radius 1 is 0.926 bits per heavy atom. The van der Waals surface area contributed by atoms with Gasteiger partial charge in [-0.05, 0) is 40.6 Å². The molecule has 3 nitrogen and oxygen atoms in total. The van der Waals surface area contributed by atoms with Crippen LogP contribution in [-0.2, 0) is 0 Å². The van der Waals surface area contributed by atoms with Gasteiger partial charge in [-0.2, -0.15) is 0 Å². The Morgan fingerprint density at radius 2 is 1.74 bits per heavy atom. The standard InChI is InChI=1S/C22H12BrNO2S/c23-15-8-5-14(6-9-15)20-12-24-21(27-20)18-11-17-16-4-2-1-3-13(16)7-10-19(17)26-22(18)25/h1-12H. The minimum atomic E-state index is -0.366. The average molecular weight is 434 g/mol. The van der Waals surface area contributed by atoms with Crippen molar-refractivity contribution in [2.75, 3.05) is 0 Å². The van der Waals surface area contributed by atoms with Crippen molar-refractivity contribution in [3.05, 3.63) is 87.8 Å². The predicted molar refractivity (Wildman–Crippen MR) is 114 cm³/mol. The van der Waals surface area contributed by atoms with Crippen molar-refractivity contribution in [1.29, 1.82) is 0 Å². The van der Waals surface area contributed by atoms with Gasteiger partial charge in [-0.1, -0.05) is 58.4 Å². The molecule has 0 saturated heterocycles. The molecule has 0 aliphatic heterocycles. The molecule has 2 aromatic heterocycles. The summed E-state index contributed by atoms with van der Waals surface area (Å²) in [5, 5.41) is 3.75. The third-order valence-corrected chi connectivity index (χ3v) is 6.12. The van der Waals surface area contributed by atoms with Gasteiger partial charge >= 0.3 is 5.63 Å². The monoisotopic (exact) mass is 433 g/mol. The van der Waals surface area contributed by atoms with Crippen molar-refractivity contribution >= 4 is 49.0 Å². The van der Waals surface area contributed by atoms with Crippen LogP contribution in [0.15, 0.2) is 86.6 Å². The molecule has 0 atom stereocenters. The lowest BCUT2D eigenvalue weighted by Gasteiger charge is -2.04. The number of nitrogens with zero attached hydrogens (tertiary/aromatic N) is 1. The first-order chi connectivity index (χ1) is 13.2. The Balaban J connectivity index is 1.69. The molecule has 0 spiro atoms. The van der Waals surface area contributed by atoms with E-state index in [1.54, 1.807) is 6.20 Å². The van der Waals surface area contributed by atoms with Gasteiger partial charge in [0.1, 0.15) is 10.6 Å². The van der Waals surface area contributed by atoms with Gasteiger partial charge in [0.25, 0.3) is 0 Å². The van der Waals surface area contributed by atoms with E-state index in [4.69, 9.17) is 4.42 Å². The van der Waals surface area contributed by atoms with Crippen molar-refractivity contribution in [1.82, 2.24) is 4.98 Å². The number of thiazole rings is 1. The lowest BCUT2D eigenvalue weighted by Crippen LogP contribution is -2.02. The zero-order chi connectivity index (χ0) is 18.4. The second kappa shape index (κ2) is 6.44. The highest BCUT2D eigenvalue weighted by Crippen LogP contribution is 2.33. The fourth-order valence-corrected chi connectivity index (χ4v) is 4.36. The number of aromatic nitrogens is 1. The van der Waals surface area contributed by atoms with Gasteiger partial charge in [0, 0.05) is 16.1 Å². The van der Waals surface area contributed by atoms with E-state index in [-0.39, 0.29) is 5.63 Å². The molecule has 0 unspecified atom stereocenters. The van der Waals surface area contributed by atoms with Gasteiger partial charge in [-0.15, -0.1) is 11.3 Å². The third-order valence-electron chi connectivity index (χ3n) is 4.51. The Morgan fingerprint density at radius 3 is 2.59 bits per heavy atom. The normalized spacial score (nSPS) is 11.3. The molecule has 3 aromatic carbocycles. The first-order valence-corrected chi connectivity index (χ1v) is 9.98. The van der Waals surface area contributed by atoms with Crippen molar-refractivity contribution in [3.63, 3.8) is 0 Å². The van der Waals surface area contributed by atoms with Gasteiger partial charge in [-0.3, -0.25) is 0 Å². The fraction of sp³-hybridized carbons (Fsp3) is 0. The van der Waals surface area contributed by atoms with Crippen LogP contribution in [0, 0.1) is 0 Å². The molecule has 5 rings (SSSR count). The number of hydrogen-bond acceptors (Lipinski definition) is 4. The van der Waals surface area contributed by atoms with E-state index in [0.717, 1.165) is 31.1 Å². The van der Waals surface area contributed by atoms with Crippen molar-refractivity contribution in [2.24, 2.45) is 0 Å². The zero-order valence-electron chi connectivity index (χ0n) is 14.0. The van der Waals surface area contributed by atoms with E-state index in [2.05, 4.69) is 27.0 Å². The molecule has 0 radical (unpaired) electrons. The summed E-state index contributed by atoms with van der Waals surface area (Å²) in [7, 11) is 0. The third kappa shape index (κ3) is 2.89. The first kappa shape index (κ1) is 16.4. The number of halogens is 1. The summed E-state index contributed by atoms with van der Waals surface area (Å²) in [4.78, 5) is 18.0. The van der Waals surface area contributed by atoms with E-state index in [0.29, 0.717) is 16.2 Å². The zero-order valence-corrected chi connectivity index (χ0v) is 16.4. The highest BCUT2D eigenvalue weighted by Gasteiger charge is 2.14. The Hall–Kier alpha value is -2.76. The minimum absolute atomic E-state index is 0.366. The molecule has 0 aliphatic rings. The molecule has 0 bridgehead atoms. The molecule has 0 fully saturated rings. The quantitative estimate of drug-likeness (QED) is 0.235. The van der Waals surface area contributed by atoms with E-state index in [1.807, 2.05) is 60.7 Å². The summed E-state index contributed by atoms with van der Waals surface area (Å²) in [5.41, 5.74) is 1.78. The second-order valence-electron chi connectivity index (χ2n) is 6.18. The molecule has 0 saturated carbocycles. The molecule has 2 heterocycles. The molecule has 130 valence electrons. The lowest BCUT2D eigenvalue weighted by molar-refractivity contribution is 0.564. The Bertz CT molecular complexity index is 1350. The van der Waals surface area contributed by atoms with Crippen LogP contribution in [0.2, 0.25) is 0 Å². The van der Waals surface area contributed by atoms with Crippen molar-refractivity contribution in [3.8, 4) is 21.0 Å². The van der Waals surface area contributed by atoms with Crippen molar-refractivity contribution in [2.45, 2.75) is 0 Å². The summed E-state index contributed by atoms with van der Waals surface area (Å²) < 4.78 is 6.62. The molecule has 0 aliphatic carbocycles. The number of fused-ring (bicyclic) bond motifs is 3. The summed E-state index contributed by atoms with van der Waals surface area (Å²) >= 11 is 4.93. The molecule has 27 heavy (non-hydrogen) atoms. The van der Waals surface area contributed by atoms with Gasteiger partial charge in [0.2, 0.25) is 0 Å². The first-order valence-electron chi connectivity index (χ1n) is 8.37. The molecular formula is C22H12BrNO2S. The topological polar surface area (TPSA) is 43.1 Å². The second-order valence-corrected chi connectivity index (χ2v) is 8.13. The van der Waals surface area contributed by atoms with Crippen LogP contribution in [-0.4, -0.2) is 4.98 Å². The summed E-state index contributed by atoms with van der Waals surface area (Å²) in [5.74, 6) is 0. The fourth-order valence-electron chi connectivity index (χ4n) is 3.17. The van der Waals surface area contributed by atoms with Crippen molar-refractivity contribution < 1.29 is 4.42 Å². The number of hydrogen-bond donors (Lipinski definition) is 0. The van der Waals surface area contributed by atoms with E-state index in [9.17, 15) is 4.79 Å². The molecule has 5 heteroatoms. The van der Waals surface area contributed by atoms with Crippen LogP contribution in [0.25, 0.3) is 42.8 Å². The van der Waals surface area contributed by atoms with Crippen LogP contribution >= 0.6 is 27.3 Å². The molecule has 5 aromatic rings. The lowest BCUT2D eigenvalue weighted by atomic mass is 10.0. The van der Waals surface area contributed by atoms with Gasteiger partial charge in [0.15, 0.2) is 0 Å². The van der Waals surface area contributed by atoms with E-state index < -0.39 is 0 Å². The smallest absolute Gasteiger partial charge is 0.346 e. The van der Waals surface area contributed by atoms with Crippen LogP contribution in [0.3, 0.4) is 0 Å².